The van der Waals surface area contributed by atoms with Gasteiger partial charge in [-0.05, 0) is 0 Å². The predicted octanol–water partition coefficient (Wildman–Crippen LogP) is 2.11. The molecule has 0 heterocycles. The van der Waals surface area contributed by atoms with Crippen molar-refractivity contribution in [1.82, 2.24) is 5.32 Å². The Kier molecular flexibility index (Phi) is 7.37. The Balaban J connectivity index is 0. The van der Waals surface area contributed by atoms with Gasteiger partial charge in [-0.15, -0.1) is 0 Å². The molecule has 0 aromatic carbocycles. The van der Waals surface area contributed by atoms with Crippen LogP contribution in [0.1, 0.15) is 41.5 Å². The Morgan fingerprint density at radius 2 is 1.54 bits per heavy atom. The zero-order chi connectivity index (χ0) is 9.94. The molecule has 0 aliphatic carbocycles. The number of carbonyl (C=O) groups excluding carboxylic acids is 1. The van der Waals surface area contributed by atoms with E-state index in [4.69, 9.17) is 0 Å². The van der Waals surface area contributed by atoms with Gasteiger partial charge in [0.1, 0.15) is 0 Å². The van der Waals surface area contributed by atoms with Crippen molar-refractivity contribution < 1.29 is 37.5 Å². The fourth-order valence-electron chi connectivity index (χ4n) is 0.534. The molecule has 0 atom stereocenters. The molecule has 75 valence electrons. The van der Waals surface area contributed by atoms with E-state index in [0.29, 0.717) is 0 Å². The maximum Gasteiger partial charge on any atom is 0.0827 e. The average molecular weight is 258 g/mol. The van der Waals surface area contributed by atoms with Gasteiger partial charge in [-0.3, -0.25) is 11.8 Å². The third-order valence-corrected chi connectivity index (χ3v) is 2.13. The van der Waals surface area contributed by atoms with Crippen LogP contribution in [-0.4, -0.2) is 11.4 Å². The Morgan fingerprint density at radius 3 is 1.77 bits per heavy atom. The van der Waals surface area contributed by atoms with E-state index in [0.717, 1.165) is 5.92 Å². The molecule has 0 saturated heterocycles. The maximum absolute atomic E-state index is 11.3. The monoisotopic (exact) mass is 258 g/mol. The first-order valence-corrected chi connectivity index (χ1v) is 4.20. The summed E-state index contributed by atoms with van der Waals surface area (Å²) in [5.74, 6) is 2.03. The number of hydrogen-bond donors (Lipinski definition) is 1. The largest absolute Gasteiger partial charge is 0.405 e. The van der Waals surface area contributed by atoms with Crippen LogP contribution in [0.15, 0.2) is 0 Å². The van der Waals surface area contributed by atoms with Gasteiger partial charge < -0.3 is 10.1 Å². The van der Waals surface area contributed by atoms with E-state index in [2.05, 4.69) is 5.32 Å². The summed E-state index contributed by atoms with van der Waals surface area (Å²) in [5.41, 5.74) is -0.200. The summed E-state index contributed by atoms with van der Waals surface area (Å²) in [4.78, 5) is 11.3. The fraction of sp³-hybridized carbons (Fsp3) is 0.700. The Morgan fingerprint density at radius 1 is 1.15 bits per heavy atom. The summed E-state index contributed by atoms with van der Waals surface area (Å²) in [7, 11) is 0. The topological polar surface area (TPSA) is 29.1 Å². The maximum atomic E-state index is 11.3. The SMILES string of the molecule is C[C-](C)C(=O)NC(C)(C)[C-](C)C.[Y]. The molecule has 1 N–H and O–H groups in total. The first-order valence-electron chi connectivity index (χ1n) is 4.20. The molecular weight excluding hydrogens is 239 g/mol. The number of hydrogen-bond acceptors (Lipinski definition) is 1. The summed E-state index contributed by atoms with van der Waals surface area (Å²) in [6, 6.07) is 0. The molecule has 0 bridgehead atoms. The van der Waals surface area contributed by atoms with Crippen LogP contribution >= 0.6 is 0 Å². The van der Waals surface area contributed by atoms with Crippen molar-refractivity contribution in [3.05, 3.63) is 11.8 Å². The van der Waals surface area contributed by atoms with Gasteiger partial charge in [0.15, 0.2) is 0 Å². The van der Waals surface area contributed by atoms with Crippen molar-refractivity contribution in [1.29, 1.82) is 0 Å². The van der Waals surface area contributed by atoms with E-state index < -0.39 is 0 Å². The minimum Gasteiger partial charge on any atom is -0.405 e. The quantitative estimate of drug-likeness (QED) is 0.772. The molecule has 0 aromatic rings. The normalized spacial score (nSPS) is 10.7. The van der Waals surface area contributed by atoms with E-state index in [1.807, 2.05) is 41.5 Å². The van der Waals surface area contributed by atoms with Gasteiger partial charge >= 0.3 is 0 Å². The molecule has 0 fully saturated rings. The van der Waals surface area contributed by atoms with Gasteiger partial charge in [-0.25, -0.2) is 0 Å². The number of rotatable bonds is 3. The summed E-state index contributed by atoms with van der Waals surface area (Å²) < 4.78 is 0. The molecule has 0 aliphatic rings. The molecule has 0 spiro atoms. The molecular formula is C10H19NOY-2. The summed E-state index contributed by atoms with van der Waals surface area (Å²) in [5, 5.41) is 2.94. The first-order chi connectivity index (χ1) is 5.27. The smallest absolute Gasteiger partial charge is 0.0827 e. The third kappa shape index (κ3) is 5.69. The number of amides is 1. The van der Waals surface area contributed by atoms with Crippen molar-refractivity contribution in [3.63, 3.8) is 0 Å². The molecule has 0 aromatic heterocycles. The van der Waals surface area contributed by atoms with Crippen LogP contribution in [0, 0.1) is 11.8 Å². The standard InChI is InChI=1S/C10H19NO.Y/c1-7(2)9(12)11-10(5,6)8(3)4;/h1-6H3,(H,11,12);/q-2;. The van der Waals surface area contributed by atoms with Crippen LogP contribution in [0.5, 0.6) is 0 Å². The van der Waals surface area contributed by atoms with E-state index in [-0.39, 0.29) is 44.2 Å². The molecule has 0 aliphatic heterocycles. The second-order valence-corrected chi connectivity index (χ2v) is 4.08. The van der Waals surface area contributed by atoms with Crippen LogP contribution < -0.4 is 5.32 Å². The molecule has 3 heteroatoms. The Hall–Kier alpha value is 0.444. The number of carbonyl (C=O) groups is 1. The summed E-state index contributed by atoms with van der Waals surface area (Å²) >= 11 is 0. The zero-order valence-electron chi connectivity index (χ0n) is 9.49. The molecule has 0 unspecified atom stereocenters. The Bertz CT molecular complexity index is 164. The van der Waals surface area contributed by atoms with Crippen LogP contribution in [-0.2, 0) is 37.5 Å². The first kappa shape index (κ1) is 15.9. The predicted molar refractivity (Wildman–Crippen MR) is 51.4 cm³/mol. The van der Waals surface area contributed by atoms with E-state index >= 15 is 0 Å². The second-order valence-electron chi connectivity index (χ2n) is 4.08. The average Bonchev–Trinajstić information content (AvgIpc) is 1.85. The van der Waals surface area contributed by atoms with Crippen molar-refractivity contribution in [2.24, 2.45) is 0 Å². The summed E-state index contributed by atoms with van der Waals surface area (Å²) in [6.45, 7) is 11.7. The second kappa shape index (κ2) is 6.03. The molecule has 2 nitrogen and oxygen atoms in total. The third-order valence-electron chi connectivity index (χ3n) is 2.13. The molecule has 1 amide bonds. The van der Waals surface area contributed by atoms with Gasteiger partial charge in [0.25, 0.3) is 0 Å². The van der Waals surface area contributed by atoms with Crippen LogP contribution in [0.3, 0.4) is 0 Å². The van der Waals surface area contributed by atoms with Crippen molar-refractivity contribution >= 4 is 5.91 Å². The van der Waals surface area contributed by atoms with Gasteiger partial charge in [0.2, 0.25) is 0 Å². The van der Waals surface area contributed by atoms with Gasteiger partial charge in [-0.2, -0.15) is 27.7 Å². The molecule has 1 radical (unpaired) electrons. The van der Waals surface area contributed by atoms with Gasteiger partial charge in [-0.1, -0.05) is 19.4 Å². The molecule has 0 saturated carbocycles. The minimum atomic E-state index is -0.200. The van der Waals surface area contributed by atoms with Crippen molar-refractivity contribution in [2.45, 2.75) is 47.1 Å². The fourth-order valence-corrected chi connectivity index (χ4v) is 0.534. The van der Waals surface area contributed by atoms with E-state index in [1.54, 1.807) is 0 Å². The zero-order valence-corrected chi connectivity index (χ0v) is 12.3. The van der Waals surface area contributed by atoms with Crippen LogP contribution in [0.4, 0.5) is 0 Å². The Labute approximate surface area is 107 Å². The van der Waals surface area contributed by atoms with Crippen molar-refractivity contribution in [2.75, 3.05) is 0 Å². The van der Waals surface area contributed by atoms with Gasteiger partial charge in [0, 0.05) is 32.7 Å². The van der Waals surface area contributed by atoms with Crippen molar-refractivity contribution in [3.8, 4) is 0 Å². The minimum absolute atomic E-state index is 0. The number of nitrogens with one attached hydrogen (secondary N) is 1. The van der Waals surface area contributed by atoms with E-state index in [9.17, 15) is 4.79 Å². The van der Waals surface area contributed by atoms with E-state index in [1.165, 1.54) is 5.92 Å². The van der Waals surface area contributed by atoms with Crippen LogP contribution in [0.25, 0.3) is 0 Å². The van der Waals surface area contributed by atoms with Gasteiger partial charge in [0.05, 0.1) is 5.91 Å². The summed E-state index contributed by atoms with van der Waals surface area (Å²) in [6.07, 6.45) is 0. The molecule has 13 heavy (non-hydrogen) atoms. The molecule has 0 rings (SSSR count). The van der Waals surface area contributed by atoms with Crippen LogP contribution in [0.2, 0.25) is 0 Å².